The van der Waals surface area contributed by atoms with Crippen LogP contribution >= 0.6 is 0 Å². The summed E-state index contributed by atoms with van der Waals surface area (Å²) < 4.78 is 2.00. The Kier molecular flexibility index (Phi) is 4.03. The van der Waals surface area contributed by atoms with E-state index in [-0.39, 0.29) is 5.91 Å². The Balaban J connectivity index is 1.47. The second kappa shape index (κ2) is 6.34. The van der Waals surface area contributed by atoms with E-state index in [1.54, 1.807) is 12.5 Å². The fourth-order valence-corrected chi connectivity index (χ4v) is 3.51. The van der Waals surface area contributed by atoms with Crippen LogP contribution in [-0.2, 0) is 4.79 Å². The molecule has 1 amide bonds. The average Bonchev–Trinajstić information content (AvgIpc) is 3.34. The number of amides is 1. The van der Waals surface area contributed by atoms with E-state index in [2.05, 4.69) is 20.0 Å². The maximum atomic E-state index is 11.9. The van der Waals surface area contributed by atoms with Crippen molar-refractivity contribution in [2.45, 2.75) is 25.3 Å². The molecule has 1 unspecified atom stereocenters. The minimum Gasteiger partial charge on any atom is -0.363 e. The molecule has 1 atom stereocenters. The summed E-state index contributed by atoms with van der Waals surface area (Å²) in [6, 6.07) is 2.31. The highest BCUT2D eigenvalue weighted by atomic mass is 16.2. The zero-order chi connectivity index (χ0) is 17.4. The molecule has 0 N–H and O–H groups in total. The van der Waals surface area contributed by atoms with Crippen molar-refractivity contribution in [3.63, 3.8) is 0 Å². The Labute approximate surface area is 147 Å². The molecule has 132 valence electrons. The molecule has 4 rings (SSSR count). The number of carbonyl (C=O) groups excluding carboxylic acids is 1. The molecule has 2 aliphatic rings. The summed E-state index contributed by atoms with van der Waals surface area (Å²) in [5, 5.41) is 4.51. The summed E-state index contributed by atoms with van der Waals surface area (Å²) in [4.78, 5) is 26.7. The molecule has 0 spiro atoms. The molecule has 2 fully saturated rings. The van der Waals surface area contributed by atoms with Crippen LogP contribution in [0.3, 0.4) is 0 Å². The van der Waals surface area contributed by atoms with Gasteiger partial charge >= 0.3 is 0 Å². The number of carbonyl (C=O) groups is 1. The molecule has 0 saturated carbocycles. The molecular formula is C17H23N7O. The van der Waals surface area contributed by atoms with Crippen LogP contribution in [0.15, 0.2) is 24.8 Å². The SMILES string of the molecule is CN(C)c1cc(N2CCC(n3cc(N4CCCC4=O)cn3)C2)ncn1. The van der Waals surface area contributed by atoms with Crippen LogP contribution in [0.2, 0.25) is 0 Å². The number of anilines is 3. The number of hydrogen-bond acceptors (Lipinski definition) is 6. The van der Waals surface area contributed by atoms with E-state index in [4.69, 9.17) is 0 Å². The van der Waals surface area contributed by atoms with Gasteiger partial charge in [-0.05, 0) is 12.8 Å². The predicted molar refractivity (Wildman–Crippen MR) is 96.0 cm³/mol. The summed E-state index contributed by atoms with van der Waals surface area (Å²) in [5.74, 6) is 2.05. The van der Waals surface area contributed by atoms with Gasteiger partial charge in [0.1, 0.15) is 18.0 Å². The highest BCUT2D eigenvalue weighted by Gasteiger charge is 2.28. The topological polar surface area (TPSA) is 70.4 Å². The first kappa shape index (κ1) is 15.9. The molecule has 2 aliphatic heterocycles. The van der Waals surface area contributed by atoms with Gasteiger partial charge in [-0.2, -0.15) is 5.10 Å². The first-order valence-corrected chi connectivity index (χ1v) is 8.70. The molecule has 8 nitrogen and oxygen atoms in total. The second-order valence-corrected chi connectivity index (χ2v) is 6.84. The largest absolute Gasteiger partial charge is 0.363 e. The average molecular weight is 341 g/mol. The lowest BCUT2D eigenvalue weighted by atomic mass is 10.3. The second-order valence-electron chi connectivity index (χ2n) is 6.84. The predicted octanol–water partition coefficient (Wildman–Crippen LogP) is 1.32. The van der Waals surface area contributed by atoms with Crippen LogP contribution in [0.4, 0.5) is 17.3 Å². The van der Waals surface area contributed by atoms with Gasteiger partial charge in [-0.3, -0.25) is 9.48 Å². The number of rotatable bonds is 4. The molecule has 8 heteroatoms. The third kappa shape index (κ3) is 3.04. The van der Waals surface area contributed by atoms with Crippen molar-refractivity contribution < 1.29 is 4.79 Å². The van der Waals surface area contributed by atoms with Gasteiger partial charge in [-0.15, -0.1) is 0 Å². The highest BCUT2D eigenvalue weighted by molar-refractivity contribution is 5.95. The van der Waals surface area contributed by atoms with Crippen LogP contribution in [0.1, 0.15) is 25.3 Å². The van der Waals surface area contributed by atoms with E-state index in [0.717, 1.165) is 49.8 Å². The zero-order valence-electron chi connectivity index (χ0n) is 14.7. The monoisotopic (exact) mass is 341 g/mol. The lowest BCUT2D eigenvalue weighted by Crippen LogP contribution is -2.24. The Morgan fingerprint density at radius 3 is 2.88 bits per heavy atom. The van der Waals surface area contributed by atoms with Crippen molar-refractivity contribution in [3.8, 4) is 0 Å². The van der Waals surface area contributed by atoms with Crippen LogP contribution in [0, 0.1) is 0 Å². The Morgan fingerprint density at radius 1 is 1.24 bits per heavy atom. The van der Waals surface area contributed by atoms with Crippen molar-refractivity contribution in [1.82, 2.24) is 19.7 Å². The van der Waals surface area contributed by atoms with Crippen molar-refractivity contribution >= 4 is 23.2 Å². The number of hydrogen-bond donors (Lipinski definition) is 0. The van der Waals surface area contributed by atoms with E-state index >= 15 is 0 Å². The Bertz CT molecular complexity index is 772. The maximum Gasteiger partial charge on any atom is 0.227 e. The molecule has 2 saturated heterocycles. The molecule has 0 bridgehead atoms. The fourth-order valence-electron chi connectivity index (χ4n) is 3.51. The third-order valence-corrected chi connectivity index (χ3v) is 4.93. The maximum absolute atomic E-state index is 11.9. The highest BCUT2D eigenvalue weighted by Crippen LogP contribution is 2.28. The van der Waals surface area contributed by atoms with E-state index in [0.29, 0.717) is 12.5 Å². The fraction of sp³-hybridized carbons (Fsp3) is 0.529. The first-order valence-electron chi connectivity index (χ1n) is 8.70. The Hall–Kier alpha value is -2.64. The minimum atomic E-state index is 0.199. The summed E-state index contributed by atoms with van der Waals surface area (Å²) in [6.45, 7) is 2.60. The summed E-state index contributed by atoms with van der Waals surface area (Å²) >= 11 is 0. The summed E-state index contributed by atoms with van der Waals surface area (Å²) in [7, 11) is 3.95. The van der Waals surface area contributed by atoms with Gasteiger partial charge in [0.05, 0.1) is 17.9 Å². The lowest BCUT2D eigenvalue weighted by molar-refractivity contribution is -0.117. The van der Waals surface area contributed by atoms with Gasteiger partial charge in [0.2, 0.25) is 5.91 Å². The van der Waals surface area contributed by atoms with E-state index in [9.17, 15) is 4.79 Å². The summed E-state index contributed by atoms with van der Waals surface area (Å²) in [5.41, 5.74) is 0.915. The molecule has 0 aromatic carbocycles. The van der Waals surface area contributed by atoms with E-state index < -0.39 is 0 Å². The van der Waals surface area contributed by atoms with Crippen LogP contribution < -0.4 is 14.7 Å². The van der Waals surface area contributed by atoms with Gasteiger partial charge in [0.25, 0.3) is 0 Å². The molecule has 25 heavy (non-hydrogen) atoms. The van der Waals surface area contributed by atoms with Gasteiger partial charge in [-0.1, -0.05) is 0 Å². The lowest BCUT2D eigenvalue weighted by Gasteiger charge is -2.19. The van der Waals surface area contributed by atoms with E-state index in [1.165, 1.54) is 0 Å². The van der Waals surface area contributed by atoms with Crippen molar-refractivity contribution in [1.29, 1.82) is 0 Å². The standard InChI is InChI=1S/C17H23N7O/c1-21(2)15-8-16(19-12-18-15)22-7-5-13(10-22)24-11-14(9-20-24)23-6-3-4-17(23)25/h8-9,11-13H,3-7,10H2,1-2H3. The molecule has 2 aromatic rings. The van der Waals surface area contributed by atoms with Crippen molar-refractivity contribution in [3.05, 3.63) is 24.8 Å². The third-order valence-electron chi connectivity index (χ3n) is 4.93. The normalized spacial score (nSPS) is 20.6. The van der Waals surface area contributed by atoms with Gasteiger partial charge < -0.3 is 14.7 Å². The smallest absolute Gasteiger partial charge is 0.227 e. The zero-order valence-corrected chi connectivity index (χ0v) is 14.7. The number of aromatic nitrogens is 4. The number of nitrogens with zero attached hydrogens (tertiary/aromatic N) is 7. The van der Waals surface area contributed by atoms with Crippen LogP contribution in [0.5, 0.6) is 0 Å². The Morgan fingerprint density at radius 2 is 2.12 bits per heavy atom. The van der Waals surface area contributed by atoms with Gasteiger partial charge in [0.15, 0.2) is 0 Å². The molecular weight excluding hydrogens is 318 g/mol. The van der Waals surface area contributed by atoms with Gasteiger partial charge in [-0.25, -0.2) is 9.97 Å². The van der Waals surface area contributed by atoms with Crippen molar-refractivity contribution in [2.75, 3.05) is 48.4 Å². The quantitative estimate of drug-likeness (QED) is 0.835. The molecule has 0 radical (unpaired) electrons. The molecule has 0 aliphatic carbocycles. The van der Waals surface area contributed by atoms with Crippen molar-refractivity contribution in [2.24, 2.45) is 0 Å². The van der Waals surface area contributed by atoms with Crippen LogP contribution in [0.25, 0.3) is 0 Å². The molecule has 2 aromatic heterocycles. The molecule has 4 heterocycles. The van der Waals surface area contributed by atoms with Crippen LogP contribution in [-0.4, -0.2) is 59.4 Å². The van der Waals surface area contributed by atoms with Gasteiger partial charge in [0, 0.05) is 52.4 Å². The summed E-state index contributed by atoms with van der Waals surface area (Å²) in [6.07, 6.45) is 8.01. The minimum absolute atomic E-state index is 0.199. The first-order chi connectivity index (χ1) is 12.1. The van der Waals surface area contributed by atoms with E-state index in [1.807, 2.05) is 40.8 Å².